The number of carbonyl (C=O) groups is 4. The van der Waals surface area contributed by atoms with E-state index >= 15 is 0 Å². The molecule has 5 unspecified atom stereocenters. The Labute approximate surface area is 317 Å². The molecule has 0 bridgehead atoms. The van der Waals surface area contributed by atoms with Crippen molar-refractivity contribution in [1.82, 2.24) is 9.80 Å². The number of non-ortho nitro benzene ring substituents is 2. The Morgan fingerprint density at radius 2 is 1.13 bits per heavy atom. The van der Waals surface area contributed by atoms with Gasteiger partial charge < -0.3 is 0 Å². The van der Waals surface area contributed by atoms with E-state index in [0.29, 0.717) is 18.7 Å². The smallest absolute Gasteiger partial charge is 0.269 e. The predicted molar refractivity (Wildman–Crippen MR) is 202 cm³/mol. The van der Waals surface area contributed by atoms with Crippen LogP contribution in [0.1, 0.15) is 105 Å². The molecule has 4 aliphatic rings. The molecule has 5 atom stereocenters. The Morgan fingerprint density at radius 1 is 0.667 bits per heavy atom. The maximum Gasteiger partial charge on any atom is 0.269 e. The number of piperidine rings is 1. The summed E-state index contributed by atoms with van der Waals surface area (Å²) in [5, 5.41) is 31.0. The summed E-state index contributed by atoms with van der Waals surface area (Å²) in [5.74, 6) is -2.37. The van der Waals surface area contributed by atoms with E-state index in [9.17, 15) is 39.4 Å². The van der Waals surface area contributed by atoms with E-state index in [-0.39, 0.29) is 60.1 Å². The van der Waals surface area contributed by atoms with E-state index in [0.717, 1.165) is 56.9 Å². The van der Waals surface area contributed by atoms with Crippen LogP contribution in [-0.4, -0.2) is 62.4 Å². The van der Waals surface area contributed by atoms with Gasteiger partial charge >= 0.3 is 0 Å². The largest absolute Gasteiger partial charge is 0.282 e. The van der Waals surface area contributed by atoms with Crippen molar-refractivity contribution >= 4 is 35.0 Å². The minimum absolute atomic E-state index is 0. The van der Waals surface area contributed by atoms with Crippen LogP contribution in [0.4, 0.5) is 11.4 Å². The highest BCUT2D eigenvalue weighted by Crippen LogP contribution is 2.68. The number of fused-ring (bicyclic) bond motifs is 2. The highest BCUT2D eigenvalue weighted by molar-refractivity contribution is 6.12. The summed E-state index contributed by atoms with van der Waals surface area (Å²) >= 11 is 0. The lowest BCUT2D eigenvalue weighted by atomic mass is 9.70. The summed E-state index contributed by atoms with van der Waals surface area (Å²) in [5.41, 5.74) is -0.430. The van der Waals surface area contributed by atoms with Gasteiger partial charge in [-0.2, -0.15) is 10.2 Å². The zero-order valence-electron chi connectivity index (χ0n) is 32.1. The summed E-state index contributed by atoms with van der Waals surface area (Å²) in [6.07, 6.45) is 7.94. The molecule has 3 fully saturated rings. The fourth-order valence-electron chi connectivity index (χ4n) is 9.07. The van der Waals surface area contributed by atoms with Crippen LogP contribution in [-0.2, 0) is 30.1 Å². The Hall–Kier alpha value is -4.88. The van der Waals surface area contributed by atoms with Gasteiger partial charge in [0.15, 0.2) is 6.04 Å². The molecule has 0 aromatic heterocycles. The first-order valence-corrected chi connectivity index (χ1v) is 19.3. The number of benzene rings is 2. The van der Waals surface area contributed by atoms with Crippen LogP contribution in [0.2, 0.25) is 0 Å². The van der Waals surface area contributed by atoms with Crippen molar-refractivity contribution in [2.24, 2.45) is 39.8 Å². The highest BCUT2D eigenvalue weighted by Gasteiger charge is 2.78. The lowest BCUT2D eigenvalue weighted by molar-refractivity contribution is -0.385. The molecule has 14 heteroatoms. The molecule has 0 spiro atoms. The van der Waals surface area contributed by atoms with Gasteiger partial charge in [0.2, 0.25) is 17.7 Å². The molecule has 6 rings (SSSR count). The number of hydrogen-bond donors (Lipinski definition) is 0. The number of imide groups is 2. The summed E-state index contributed by atoms with van der Waals surface area (Å²) in [4.78, 5) is 76.1. The highest BCUT2D eigenvalue weighted by atomic mass is 16.6. The number of azo groups is 1. The van der Waals surface area contributed by atoms with Crippen molar-refractivity contribution in [3.8, 4) is 0 Å². The normalized spacial score (nSPS) is 26.7. The lowest BCUT2D eigenvalue weighted by Crippen LogP contribution is -2.43. The van der Waals surface area contributed by atoms with Crippen molar-refractivity contribution in [3.05, 3.63) is 79.9 Å². The van der Waals surface area contributed by atoms with Crippen LogP contribution >= 0.6 is 0 Å². The minimum atomic E-state index is -1.07. The number of carbonyl (C=O) groups excluding carboxylic acids is 4. The molecule has 1 aliphatic carbocycles. The Morgan fingerprint density at radius 3 is 1.59 bits per heavy atom. The average Bonchev–Trinajstić information content (AvgIpc) is 3.47. The van der Waals surface area contributed by atoms with Crippen molar-refractivity contribution in [2.75, 3.05) is 13.1 Å². The number of hydrogen-bond acceptors (Lipinski definition) is 10. The Kier molecular flexibility index (Phi) is 12.1. The average molecular weight is 748 g/mol. The van der Waals surface area contributed by atoms with Gasteiger partial charge in [0.05, 0.1) is 21.7 Å². The van der Waals surface area contributed by atoms with Crippen LogP contribution in [0.5, 0.6) is 0 Å². The molecule has 2 aromatic carbocycles. The minimum Gasteiger partial charge on any atom is -0.282 e. The maximum atomic E-state index is 13.2. The van der Waals surface area contributed by atoms with E-state index in [2.05, 4.69) is 24.1 Å². The van der Waals surface area contributed by atoms with Crippen molar-refractivity contribution < 1.29 is 30.5 Å². The number of likely N-dealkylation sites (tertiary alicyclic amines) is 2. The quantitative estimate of drug-likeness (QED) is 0.0721. The molecule has 3 heterocycles. The van der Waals surface area contributed by atoms with Gasteiger partial charge in [-0.15, -0.1) is 0 Å². The molecular formula is C40H54N6O8. The molecule has 292 valence electrons. The number of nitro groups is 2. The van der Waals surface area contributed by atoms with Gasteiger partial charge in [0.1, 0.15) is 11.5 Å². The number of nitrogens with zero attached hydrogens (tertiary/aromatic N) is 6. The van der Waals surface area contributed by atoms with E-state index in [1.807, 2.05) is 33.8 Å². The number of rotatable bonds is 16. The molecular weight excluding hydrogens is 692 g/mol. The molecule has 54 heavy (non-hydrogen) atoms. The molecule has 4 amide bonds. The second-order valence-corrected chi connectivity index (χ2v) is 15.6. The lowest BCUT2D eigenvalue weighted by Gasteiger charge is -2.34. The zero-order valence-corrected chi connectivity index (χ0v) is 32.1. The van der Waals surface area contributed by atoms with E-state index in [1.54, 1.807) is 18.2 Å². The van der Waals surface area contributed by atoms with Crippen LogP contribution in [0.3, 0.4) is 0 Å². The molecule has 3 aliphatic heterocycles. The molecule has 1 saturated carbocycles. The monoisotopic (exact) mass is 747 g/mol. The summed E-state index contributed by atoms with van der Waals surface area (Å²) < 4.78 is 0. The van der Waals surface area contributed by atoms with Gasteiger partial charge in [-0.3, -0.25) is 49.2 Å². The third-order valence-corrected chi connectivity index (χ3v) is 11.9. The van der Waals surface area contributed by atoms with Crippen LogP contribution < -0.4 is 0 Å². The van der Waals surface area contributed by atoms with Crippen LogP contribution in [0, 0.1) is 49.8 Å². The van der Waals surface area contributed by atoms with Crippen molar-refractivity contribution in [2.45, 2.75) is 110 Å². The van der Waals surface area contributed by atoms with Gasteiger partial charge in [0.25, 0.3) is 17.3 Å². The number of nitro benzene ring substituents is 2. The topological polar surface area (TPSA) is 186 Å². The van der Waals surface area contributed by atoms with E-state index < -0.39 is 32.8 Å². The molecule has 2 saturated heterocycles. The van der Waals surface area contributed by atoms with Gasteiger partial charge in [-0.05, 0) is 35.8 Å². The Bertz CT molecular complexity index is 1810. The summed E-state index contributed by atoms with van der Waals surface area (Å²) in [6, 6.07) is 11.8. The Balaban J connectivity index is 0.000000241. The van der Waals surface area contributed by atoms with E-state index in [1.165, 1.54) is 34.1 Å². The molecule has 14 nitrogen and oxygen atoms in total. The van der Waals surface area contributed by atoms with Gasteiger partial charge in [0, 0.05) is 44.2 Å². The SMILES string of the molecule is CCCCCCN1C(=O)C2C(C1=O)C2(c1cccc([N+](=O)[O-])c1)C(C)C.CCCCCCN1C(=O)C2N=NC(c3cccc([N+](=O)[O-])c3)(C(C)C)C2C1=O.[2HH]. The molecule has 0 radical (unpaired) electrons. The third-order valence-electron chi connectivity index (χ3n) is 11.9. The second kappa shape index (κ2) is 16.2. The number of unbranched alkanes of at least 4 members (excludes halogenated alkanes) is 6. The fraction of sp³-hybridized carbons (Fsp3) is 0.600. The van der Waals surface area contributed by atoms with Gasteiger partial charge in [-0.1, -0.05) is 104 Å². The second-order valence-electron chi connectivity index (χ2n) is 15.6. The summed E-state index contributed by atoms with van der Waals surface area (Å²) in [6.45, 7) is 12.9. The maximum absolute atomic E-state index is 13.2. The first-order valence-electron chi connectivity index (χ1n) is 19.3. The van der Waals surface area contributed by atoms with Crippen LogP contribution in [0.25, 0.3) is 0 Å². The van der Waals surface area contributed by atoms with E-state index in [4.69, 9.17) is 0 Å². The summed E-state index contributed by atoms with van der Waals surface area (Å²) in [7, 11) is 0. The van der Waals surface area contributed by atoms with Crippen molar-refractivity contribution in [3.63, 3.8) is 0 Å². The first kappa shape index (κ1) is 40.3. The number of amides is 4. The predicted octanol–water partition coefficient (Wildman–Crippen LogP) is 7.78. The standard InChI is InChI=1S/C20H26N4O4.C20H26N2O4.H2/c1-4-5-6-7-11-23-18(25)16-17(19(23)26)21-22-20(16,13(2)3)14-9-8-10-15(12-14)24(27)28;1-4-5-6-7-11-21-18(23)16-17(19(21)24)20(16,13(2)3)14-9-8-10-15(12-14)22(25)26;/h8-10,12-13,16-17H,4-7,11H2,1-3H3;8-10,12-13,16-17H,4-7,11H2,1-3H3;1H/i;;1+1. The third kappa shape index (κ3) is 6.83. The molecule has 2 aromatic rings. The van der Waals surface area contributed by atoms with Gasteiger partial charge in [-0.25, -0.2) is 0 Å². The zero-order chi connectivity index (χ0) is 39.5. The van der Waals surface area contributed by atoms with Crippen LogP contribution in [0.15, 0.2) is 58.8 Å². The first-order chi connectivity index (χ1) is 25.7. The van der Waals surface area contributed by atoms with Crippen molar-refractivity contribution in [1.29, 1.82) is 0 Å². The molecule has 0 N–H and O–H groups in total. The fourth-order valence-corrected chi connectivity index (χ4v) is 9.07.